The van der Waals surface area contributed by atoms with Crippen LogP contribution in [0, 0.1) is 5.92 Å². The lowest BCUT2D eigenvalue weighted by Gasteiger charge is -2.11. The third kappa shape index (κ3) is 4.30. The lowest BCUT2D eigenvalue weighted by molar-refractivity contribution is -0.148. The van der Waals surface area contributed by atoms with Crippen LogP contribution in [0.25, 0.3) is 0 Å². The number of rotatable bonds is 5. The van der Waals surface area contributed by atoms with Gasteiger partial charge >= 0.3 is 5.97 Å². The van der Waals surface area contributed by atoms with E-state index in [0.717, 1.165) is 0 Å². The SMILES string of the molecule is CC(C)CS(=O)CC1CCC(C(=O)O)O1. The Labute approximate surface area is 92.5 Å². The Kier molecular flexibility index (Phi) is 4.73. The van der Waals surface area contributed by atoms with Crippen molar-refractivity contribution in [1.29, 1.82) is 0 Å². The van der Waals surface area contributed by atoms with Crippen molar-refractivity contribution < 1.29 is 18.8 Å². The van der Waals surface area contributed by atoms with E-state index in [0.29, 0.717) is 30.3 Å². The van der Waals surface area contributed by atoms with Crippen LogP contribution in [0.1, 0.15) is 26.7 Å². The number of hydrogen-bond donors (Lipinski definition) is 1. The molecule has 88 valence electrons. The van der Waals surface area contributed by atoms with Crippen molar-refractivity contribution >= 4 is 16.8 Å². The van der Waals surface area contributed by atoms with Crippen LogP contribution in [0.4, 0.5) is 0 Å². The summed E-state index contributed by atoms with van der Waals surface area (Å²) >= 11 is 0. The van der Waals surface area contributed by atoms with Crippen LogP contribution in [0.5, 0.6) is 0 Å². The number of ether oxygens (including phenoxy) is 1. The van der Waals surface area contributed by atoms with E-state index in [2.05, 4.69) is 0 Å². The van der Waals surface area contributed by atoms with Crippen molar-refractivity contribution in [3.05, 3.63) is 0 Å². The van der Waals surface area contributed by atoms with E-state index in [9.17, 15) is 9.00 Å². The molecule has 0 radical (unpaired) electrons. The van der Waals surface area contributed by atoms with E-state index in [1.807, 2.05) is 13.8 Å². The van der Waals surface area contributed by atoms with Crippen LogP contribution in [-0.4, -0.2) is 39.0 Å². The van der Waals surface area contributed by atoms with Crippen molar-refractivity contribution in [1.82, 2.24) is 0 Å². The monoisotopic (exact) mass is 234 g/mol. The molecule has 15 heavy (non-hydrogen) atoms. The summed E-state index contributed by atoms with van der Waals surface area (Å²) in [6.07, 6.45) is 0.427. The first kappa shape index (κ1) is 12.6. The van der Waals surface area contributed by atoms with Crippen molar-refractivity contribution in [2.24, 2.45) is 5.92 Å². The molecule has 1 heterocycles. The molecule has 1 N–H and O–H groups in total. The molecule has 0 bridgehead atoms. The Bertz CT molecular complexity index is 252. The zero-order valence-electron chi connectivity index (χ0n) is 9.14. The molecule has 4 nitrogen and oxygen atoms in total. The van der Waals surface area contributed by atoms with Gasteiger partial charge in [-0.25, -0.2) is 4.79 Å². The van der Waals surface area contributed by atoms with Gasteiger partial charge in [-0.1, -0.05) is 13.8 Å². The largest absolute Gasteiger partial charge is 0.479 e. The average Bonchev–Trinajstić information content (AvgIpc) is 2.50. The lowest BCUT2D eigenvalue weighted by atomic mass is 10.2. The lowest BCUT2D eigenvalue weighted by Crippen LogP contribution is -2.24. The minimum Gasteiger partial charge on any atom is -0.479 e. The van der Waals surface area contributed by atoms with Crippen LogP contribution < -0.4 is 0 Å². The van der Waals surface area contributed by atoms with Crippen LogP contribution in [0.15, 0.2) is 0 Å². The Morgan fingerprint density at radius 2 is 2.20 bits per heavy atom. The molecule has 0 aromatic carbocycles. The number of carboxylic acids is 1. The molecule has 1 rings (SSSR count). The molecule has 1 saturated heterocycles. The molecule has 0 aromatic heterocycles. The van der Waals surface area contributed by atoms with Crippen LogP contribution in [0.2, 0.25) is 0 Å². The fourth-order valence-electron chi connectivity index (χ4n) is 1.66. The predicted molar refractivity (Wildman–Crippen MR) is 58.2 cm³/mol. The number of carboxylic acid groups (broad SMARTS) is 1. The maximum atomic E-state index is 11.6. The first-order valence-corrected chi connectivity index (χ1v) is 6.71. The van der Waals surface area contributed by atoms with Gasteiger partial charge in [0.2, 0.25) is 0 Å². The zero-order valence-corrected chi connectivity index (χ0v) is 9.96. The summed E-state index contributed by atoms with van der Waals surface area (Å²) in [6, 6.07) is 0. The fraction of sp³-hybridized carbons (Fsp3) is 0.900. The summed E-state index contributed by atoms with van der Waals surface area (Å²) in [5, 5.41) is 8.71. The van der Waals surface area contributed by atoms with Crippen molar-refractivity contribution in [2.75, 3.05) is 11.5 Å². The molecule has 0 aliphatic carbocycles. The highest BCUT2D eigenvalue weighted by atomic mass is 32.2. The first-order chi connectivity index (χ1) is 6.99. The van der Waals surface area contributed by atoms with E-state index < -0.39 is 22.9 Å². The second kappa shape index (κ2) is 5.61. The Morgan fingerprint density at radius 3 is 2.67 bits per heavy atom. The molecule has 1 aliphatic heterocycles. The summed E-state index contributed by atoms with van der Waals surface area (Å²) in [4.78, 5) is 10.6. The van der Waals surface area contributed by atoms with Gasteiger partial charge in [-0.2, -0.15) is 0 Å². The number of carbonyl (C=O) groups is 1. The molecular weight excluding hydrogens is 216 g/mol. The highest BCUT2D eigenvalue weighted by Gasteiger charge is 2.31. The number of aliphatic carboxylic acids is 1. The zero-order chi connectivity index (χ0) is 11.4. The van der Waals surface area contributed by atoms with E-state index in [1.165, 1.54) is 0 Å². The van der Waals surface area contributed by atoms with Gasteiger partial charge < -0.3 is 9.84 Å². The normalized spacial score (nSPS) is 28.2. The standard InChI is InChI=1S/C10H18O4S/c1-7(2)5-15(13)6-8-3-4-9(14-8)10(11)12/h7-9H,3-6H2,1-2H3,(H,11,12). The van der Waals surface area contributed by atoms with Crippen LogP contribution in [-0.2, 0) is 20.3 Å². The van der Waals surface area contributed by atoms with Gasteiger partial charge in [0.25, 0.3) is 0 Å². The second-order valence-corrected chi connectivity index (χ2v) is 5.88. The van der Waals surface area contributed by atoms with Gasteiger partial charge in [0.05, 0.1) is 6.10 Å². The first-order valence-electron chi connectivity index (χ1n) is 5.22. The molecular formula is C10H18O4S. The smallest absolute Gasteiger partial charge is 0.332 e. The summed E-state index contributed by atoms with van der Waals surface area (Å²) in [7, 11) is -0.886. The number of hydrogen-bond acceptors (Lipinski definition) is 3. The quantitative estimate of drug-likeness (QED) is 0.771. The highest BCUT2D eigenvalue weighted by molar-refractivity contribution is 7.85. The van der Waals surface area contributed by atoms with Gasteiger partial charge in [-0.05, 0) is 18.8 Å². The molecule has 1 fully saturated rings. The van der Waals surface area contributed by atoms with E-state index >= 15 is 0 Å². The molecule has 3 atom stereocenters. The third-order valence-corrected chi connectivity index (χ3v) is 4.06. The molecule has 0 aromatic rings. The molecule has 5 heteroatoms. The van der Waals surface area contributed by atoms with Gasteiger partial charge in [-0.15, -0.1) is 0 Å². The van der Waals surface area contributed by atoms with E-state index in [1.54, 1.807) is 0 Å². The Morgan fingerprint density at radius 1 is 1.53 bits per heavy atom. The minimum atomic E-state index is -0.910. The van der Waals surface area contributed by atoms with E-state index in [-0.39, 0.29) is 6.10 Å². The minimum absolute atomic E-state index is 0.134. The molecule has 0 saturated carbocycles. The van der Waals surface area contributed by atoms with E-state index in [4.69, 9.17) is 9.84 Å². The molecule has 0 amide bonds. The summed E-state index contributed by atoms with van der Waals surface area (Å²) in [5.74, 6) is 0.633. The predicted octanol–water partition coefficient (Wildman–Crippen LogP) is 1.02. The van der Waals surface area contributed by atoms with Crippen molar-refractivity contribution in [3.63, 3.8) is 0 Å². The Balaban J connectivity index is 2.30. The van der Waals surface area contributed by atoms with Crippen LogP contribution in [0.3, 0.4) is 0 Å². The maximum Gasteiger partial charge on any atom is 0.332 e. The molecule has 0 spiro atoms. The topological polar surface area (TPSA) is 63.6 Å². The average molecular weight is 234 g/mol. The highest BCUT2D eigenvalue weighted by Crippen LogP contribution is 2.20. The summed E-state index contributed by atoms with van der Waals surface area (Å²) in [5.41, 5.74) is 0. The van der Waals surface area contributed by atoms with Crippen molar-refractivity contribution in [3.8, 4) is 0 Å². The third-order valence-electron chi connectivity index (χ3n) is 2.27. The van der Waals surface area contributed by atoms with Crippen molar-refractivity contribution in [2.45, 2.75) is 38.9 Å². The molecule has 3 unspecified atom stereocenters. The van der Waals surface area contributed by atoms with Gasteiger partial charge in [-0.3, -0.25) is 4.21 Å². The fourth-order valence-corrected chi connectivity index (χ4v) is 3.20. The Hall–Kier alpha value is -0.420. The maximum absolute atomic E-state index is 11.6. The summed E-state index contributed by atoms with van der Waals surface area (Å²) < 4.78 is 16.9. The summed E-state index contributed by atoms with van der Waals surface area (Å²) in [6.45, 7) is 4.04. The second-order valence-electron chi connectivity index (χ2n) is 4.33. The van der Waals surface area contributed by atoms with Gasteiger partial charge in [0.15, 0.2) is 6.10 Å². The molecule has 1 aliphatic rings. The van der Waals surface area contributed by atoms with Gasteiger partial charge in [0.1, 0.15) is 0 Å². The van der Waals surface area contributed by atoms with Crippen LogP contribution >= 0.6 is 0 Å². The van der Waals surface area contributed by atoms with Gasteiger partial charge in [0, 0.05) is 22.3 Å².